The summed E-state index contributed by atoms with van der Waals surface area (Å²) in [5.74, 6) is 0.864. The first-order valence-electron chi connectivity index (χ1n) is 7.23. The molecule has 0 heterocycles. The van der Waals surface area contributed by atoms with Crippen molar-refractivity contribution in [2.75, 3.05) is 10.6 Å². The first-order valence-corrected chi connectivity index (χ1v) is 7.23. The second-order valence-corrected chi connectivity index (χ2v) is 5.64. The third kappa shape index (κ3) is 3.72. The minimum absolute atomic E-state index is 0.0228. The van der Waals surface area contributed by atoms with Gasteiger partial charge in [-0.15, -0.1) is 0 Å². The van der Waals surface area contributed by atoms with Gasteiger partial charge in [-0.05, 0) is 55.9 Å². The highest BCUT2D eigenvalue weighted by atomic mass is 16.1. The number of benzene rings is 1. The van der Waals surface area contributed by atoms with E-state index in [2.05, 4.69) is 29.7 Å². The van der Waals surface area contributed by atoms with Crippen molar-refractivity contribution in [1.82, 2.24) is 0 Å². The van der Waals surface area contributed by atoms with E-state index >= 15 is 0 Å². The molecule has 1 aromatic carbocycles. The predicted octanol–water partition coefficient (Wildman–Crippen LogP) is 3.94. The molecular weight excluding hydrogens is 236 g/mol. The molecule has 0 aliphatic heterocycles. The zero-order valence-corrected chi connectivity index (χ0v) is 12.1. The number of carbonyl (C=O) groups is 1. The van der Waals surface area contributed by atoms with Gasteiger partial charge in [0, 0.05) is 24.3 Å². The molecule has 1 aromatic rings. The smallest absolute Gasteiger partial charge is 0.221 e. The quantitative estimate of drug-likeness (QED) is 0.860. The minimum atomic E-state index is -0.0228. The van der Waals surface area contributed by atoms with Gasteiger partial charge in [0.1, 0.15) is 0 Å². The van der Waals surface area contributed by atoms with Gasteiger partial charge in [-0.2, -0.15) is 0 Å². The van der Waals surface area contributed by atoms with Crippen molar-refractivity contribution in [1.29, 1.82) is 0 Å². The third-order valence-corrected chi connectivity index (χ3v) is 4.03. The van der Waals surface area contributed by atoms with Gasteiger partial charge in [-0.25, -0.2) is 0 Å². The summed E-state index contributed by atoms with van der Waals surface area (Å²) in [4.78, 5) is 11.1. The first kappa shape index (κ1) is 13.9. The number of hydrogen-bond acceptors (Lipinski definition) is 2. The molecule has 0 radical (unpaired) electrons. The minimum Gasteiger partial charge on any atom is -0.382 e. The van der Waals surface area contributed by atoms with Crippen LogP contribution in [-0.4, -0.2) is 11.9 Å². The molecule has 104 valence electrons. The van der Waals surface area contributed by atoms with E-state index in [1.54, 1.807) is 0 Å². The first-order chi connectivity index (χ1) is 9.08. The fraction of sp³-hybridized carbons (Fsp3) is 0.562. The maximum atomic E-state index is 11.1. The summed E-state index contributed by atoms with van der Waals surface area (Å²) >= 11 is 0. The molecule has 2 atom stereocenters. The Balaban J connectivity index is 1.98. The summed E-state index contributed by atoms with van der Waals surface area (Å²) in [7, 11) is 0. The molecule has 0 aromatic heterocycles. The van der Waals surface area contributed by atoms with Crippen LogP contribution in [0.15, 0.2) is 18.2 Å². The molecule has 1 aliphatic rings. The van der Waals surface area contributed by atoms with Gasteiger partial charge >= 0.3 is 0 Å². The molecule has 2 unspecified atom stereocenters. The number of rotatable bonds is 4. The summed E-state index contributed by atoms with van der Waals surface area (Å²) in [5.41, 5.74) is 3.16. The van der Waals surface area contributed by atoms with Crippen molar-refractivity contribution >= 4 is 17.3 Å². The molecule has 19 heavy (non-hydrogen) atoms. The largest absolute Gasteiger partial charge is 0.382 e. The predicted molar refractivity (Wildman–Crippen MR) is 80.5 cm³/mol. The Morgan fingerprint density at radius 3 is 2.74 bits per heavy atom. The van der Waals surface area contributed by atoms with Crippen LogP contribution in [0.3, 0.4) is 0 Å². The van der Waals surface area contributed by atoms with Crippen molar-refractivity contribution in [3.05, 3.63) is 23.8 Å². The number of nitrogens with one attached hydrogen (secondary N) is 2. The molecule has 2 rings (SSSR count). The molecule has 1 aliphatic carbocycles. The highest BCUT2D eigenvalue weighted by Gasteiger charge is 2.22. The highest BCUT2D eigenvalue weighted by Crippen LogP contribution is 2.30. The fourth-order valence-corrected chi connectivity index (χ4v) is 2.90. The molecule has 0 bridgehead atoms. The average Bonchev–Trinajstić information content (AvgIpc) is 2.80. The van der Waals surface area contributed by atoms with Crippen molar-refractivity contribution in [2.45, 2.75) is 52.5 Å². The average molecular weight is 260 g/mol. The summed E-state index contributed by atoms with van der Waals surface area (Å²) in [6.45, 7) is 5.84. The molecule has 0 spiro atoms. The Hall–Kier alpha value is -1.51. The number of carbonyl (C=O) groups excluding carboxylic acids is 1. The molecule has 2 N–H and O–H groups in total. The van der Waals surface area contributed by atoms with Crippen LogP contribution in [0.1, 0.15) is 45.1 Å². The molecule has 1 amide bonds. The van der Waals surface area contributed by atoms with E-state index in [0.717, 1.165) is 22.9 Å². The van der Waals surface area contributed by atoms with E-state index in [-0.39, 0.29) is 5.91 Å². The topological polar surface area (TPSA) is 41.1 Å². The Morgan fingerprint density at radius 2 is 2.16 bits per heavy atom. The van der Waals surface area contributed by atoms with Crippen LogP contribution in [0.2, 0.25) is 0 Å². The van der Waals surface area contributed by atoms with Crippen LogP contribution in [0.25, 0.3) is 0 Å². The van der Waals surface area contributed by atoms with E-state index in [9.17, 15) is 4.79 Å². The summed E-state index contributed by atoms with van der Waals surface area (Å²) in [6.07, 6.45) is 5.18. The highest BCUT2D eigenvalue weighted by molar-refractivity contribution is 5.89. The lowest BCUT2D eigenvalue weighted by Gasteiger charge is -2.16. The van der Waals surface area contributed by atoms with Crippen LogP contribution in [0.5, 0.6) is 0 Å². The summed E-state index contributed by atoms with van der Waals surface area (Å²) in [5, 5.41) is 6.46. The molecule has 3 nitrogen and oxygen atoms in total. The van der Waals surface area contributed by atoms with Gasteiger partial charge in [0.15, 0.2) is 0 Å². The molecule has 0 saturated heterocycles. The van der Waals surface area contributed by atoms with E-state index in [1.807, 2.05) is 13.0 Å². The van der Waals surface area contributed by atoms with Gasteiger partial charge in [0.2, 0.25) is 5.91 Å². The zero-order valence-electron chi connectivity index (χ0n) is 12.1. The van der Waals surface area contributed by atoms with Gasteiger partial charge in [0.05, 0.1) is 0 Å². The second-order valence-electron chi connectivity index (χ2n) is 5.64. The van der Waals surface area contributed by atoms with E-state index < -0.39 is 0 Å². The molecule has 1 saturated carbocycles. The number of amides is 1. The zero-order chi connectivity index (χ0) is 13.8. The standard InChI is InChI=1S/C16H24N2O/c1-4-13-5-6-15(10-13)18-14-7-8-16(11(2)9-14)17-12(3)19/h7-9,13,15,18H,4-6,10H2,1-3H3,(H,17,19). The number of aryl methyl sites for hydroxylation is 1. The third-order valence-electron chi connectivity index (χ3n) is 4.03. The van der Waals surface area contributed by atoms with Crippen LogP contribution in [0, 0.1) is 12.8 Å². The fourth-order valence-electron chi connectivity index (χ4n) is 2.90. The molecule has 3 heteroatoms. The number of hydrogen-bond donors (Lipinski definition) is 2. The van der Waals surface area contributed by atoms with Gasteiger partial charge in [-0.3, -0.25) is 4.79 Å². The Bertz CT molecular complexity index is 456. The van der Waals surface area contributed by atoms with Gasteiger partial charge in [-0.1, -0.05) is 13.3 Å². The van der Waals surface area contributed by atoms with Crippen molar-refractivity contribution in [3.63, 3.8) is 0 Å². The van der Waals surface area contributed by atoms with E-state index in [1.165, 1.54) is 32.6 Å². The van der Waals surface area contributed by atoms with Crippen LogP contribution in [-0.2, 0) is 4.79 Å². The van der Waals surface area contributed by atoms with Crippen molar-refractivity contribution < 1.29 is 4.79 Å². The summed E-state index contributed by atoms with van der Waals surface area (Å²) in [6, 6.07) is 6.75. The van der Waals surface area contributed by atoms with Crippen LogP contribution in [0.4, 0.5) is 11.4 Å². The maximum absolute atomic E-state index is 11.1. The molecular formula is C16H24N2O. The van der Waals surface area contributed by atoms with Crippen LogP contribution < -0.4 is 10.6 Å². The monoisotopic (exact) mass is 260 g/mol. The Labute approximate surface area is 115 Å². The lowest BCUT2D eigenvalue weighted by molar-refractivity contribution is -0.114. The lowest BCUT2D eigenvalue weighted by atomic mass is 10.1. The van der Waals surface area contributed by atoms with E-state index in [4.69, 9.17) is 0 Å². The molecule has 1 fully saturated rings. The normalized spacial score (nSPS) is 22.3. The summed E-state index contributed by atoms with van der Waals surface area (Å²) < 4.78 is 0. The van der Waals surface area contributed by atoms with Gasteiger partial charge in [0.25, 0.3) is 0 Å². The van der Waals surface area contributed by atoms with Crippen molar-refractivity contribution in [3.8, 4) is 0 Å². The Kier molecular flexibility index (Phi) is 4.46. The van der Waals surface area contributed by atoms with Crippen molar-refractivity contribution in [2.24, 2.45) is 5.92 Å². The van der Waals surface area contributed by atoms with Gasteiger partial charge < -0.3 is 10.6 Å². The lowest BCUT2D eigenvalue weighted by Crippen LogP contribution is -2.15. The number of anilines is 2. The van der Waals surface area contributed by atoms with Crippen LogP contribution >= 0.6 is 0 Å². The SMILES string of the molecule is CCC1CCC(Nc2ccc(NC(C)=O)c(C)c2)C1. The van der Waals surface area contributed by atoms with E-state index in [0.29, 0.717) is 6.04 Å². The maximum Gasteiger partial charge on any atom is 0.221 e. The Morgan fingerprint density at radius 1 is 1.37 bits per heavy atom. The second kappa shape index (κ2) is 6.09.